The summed E-state index contributed by atoms with van der Waals surface area (Å²) in [6.07, 6.45) is 3.75. The van der Waals surface area contributed by atoms with E-state index in [1.807, 2.05) is 0 Å². The summed E-state index contributed by atoms with van der Waals surface area (Å²) in [5.41, 5.74) is 13.7. The number of hydrogen-bond acceptors (Lipinski definition) is 3. The summed E-state index contributed by atoms with van der Waals surface area (Å²) in [7, 11) is 0. The molecule has 0 saturated heterocycles. The first-order valence-corrected chi connectivity index (χ1v) is 5.37. The number of anilines is 1. The number of nitrogens with two attached hydrogens (primary N) is 2. The van der Waals surface area contributed by atoms with Crippen LogP contribution in [0.5, 0.6) is 0 Å². The number of benzene rings is 1. The predicted molar refractivity (Wildman–Crippen MR) is 65.7 cm³/mol. The van der Waals surface area contributed by atoms with Gasteiger partial charge in [0.25, 0.3) is 0 Å². The van der Waals surface area contributed by atoms with Gasteiger partial charge in [0.15, 0.2) is 0 Å². The van der Waals surface area contributed by atoms with Crippen LogP contribution in [-0.2, 0) is 6.42 Å². The topological polar surface area (TPSA) is 64.9 Å². The van der Waals surface area contributed by atoms with Gasteiger partial charge in [-0.15, -0.1) is 0 Å². The second-order valence-corrected chi connectivity index (χ2v) is 3.91. The van der Waals surface area contributed by atoms with Crippen molar-refractivity contribution in [3.63, 3.8) is 0 Å². The number of halogens is 1. The quantitative estimate of drug-likeness (QED) is 0.849. The van der Waals surface area contributed by atoms with Crippen molar-refractivity contribution in [1.29, 1.82) is 0 Å². The SMILES string of the molecule is Nc1ccncc1CC(N)c1ccccc1F. The molecule has 4 N–H and O–H groups in total. The van der Waals surface area contributed by atoms with Crippen LogP contribution < -0.4 is 11.5 Å². The van der Waals surface area contributed by atoms with Gasteiger partial charge in [0.2, 0.25) is 0 Å². The van der Waals surface area contributed by atoms with Crippen LogP contribution in [0, 0.1) is 5.82 Å². The van der Waals surface area contributed by atoms with Crippen LogP contribution in [0.4, 0.5) is 10.1 Å². The smallest absolute Gasteiger partial charge is 0.127 e. The molecule has 4 heteroatoms. The van der Waals surface area contributed by atoms with Gasteiger partial charge in [-0.1, -0.05) is 18.2 Å². The third kappa shape index (κ3) is 2.60. The van der Waals surface area contributed by atoms with E-state index >= 15 is 0 Å². The molecule has 1 unspecified atom stereocenters. The fourth-order valence-corrected chi connectivity index (χ4v) is 1.73. The maximum atomic E-state index is 13.5. The van der Waals surface area contributed by atoms with Crippen molar-refractivity contribution in [2.24, 2.45) is 5.73 Å². The lowest BCUT2D eigenvalue weighted by atomic mass is 9.99. The number of aromatic nitrogens is 1. The fraction of sp³-hybridized carbons (Fsp3) is 0.154. The Morgan fingerprint density at radius 3 is 2.71 bits per heavy atom. The van der Waals surface area contributed by atoms with Gasteiger partial charge in [-0.2, -0.15) is 0 Å². The highest BCUT2D eigenvalue weighted by Gasteiger charge is 2.12. The molecule has 2 aromatic rings. The van der Waals surface area contributed by atoms with Crippen molar-refractivity contribution in [3.8, 4) is 0 Å². The lowest BCUT2D eigenvalue weighted by molar-refractivity contribution is 0.580. The number of nitrogen functional groups attached to an aromatic ring is 1. The molecule has 2 rings (SSSR count). The van der Waals surface area contributed by atoms with Crippen LogP contribution >= 0.6 is 0 Å². The Bertz CT molecular complexity index is 514. The van der Waals surface area contributed by atoms with Crippen molar-refractivity contribution in [2.75, 3.05) is 5.73 Å². The van der Waals surface area contributed by atoms with E-state index in [1.165, 1.54) is 6.07 Å². The van der Waals surface area contributed by atoms with Gasteiger partial charge >= 0.3 is 0 Å². The molecule has 1 atom stereocenters. The molecule has 0 fully saturated rings. The lowest BCUT2D eigenvalue weighted by Gasteiger charge is -2.13. The molecule has 0 saturated carbocycles. The van der Waals surface area contributed by atoms with Gasteiger partial charge in [-0.05, 0) is 24.1 Å². The average Bonchev–Trinajstić information content (AvgIpc) is 2.32. The van der Waals surface area contributed by atoms with Crippen molar-refractivity contribution in [1.82, 2.24) is 4.98 Å². The van der Waals surface area contributed by atoms with Gasteiger partial charge in [0.1, 0.15) is 5.82 Å². The van der Waals surface area contributed by atoms with Crippen LogP contribution in [0.25, 0.3) is 0 Å². The van der Waals surface area contributed by atoms with Gasteiger partial charge in [0, 0.05) is 29.7 Å². The minimum atomic E-state index is -0.414. The molecule has 0 radical (unpaired) electrons. The van der Waals surface area contributed by atoms with E-state index < -0.39 is 6.04 Å². The maximum absolute atomic E-state index is 13.5. The standard InChI is InChI=1S/C13H14FN3/c14-11-4-2-1-3-10(11)13(16)7-9-8-17-6-5-12(9)15/h1-6,8,13H,7,16H2,(H2,15,17). The first-order chi connectivity index (χ1) is 8.18. The lowest BCUT2D eigenvalue weighted by Crippen LogP contribution is -2.15. The van der Waals surface area contributed by atoms with Crippen LogP contribution in [0.1, 0.15) is 17.2 Å². The molecule has 0 aliphatic rings. The Labute approximate surface area is 99.3 Å². The molecule has 88 valence electrons. The van der Waals surface area contributed by atoms with Crippen molar-refractivity contribution in [3.05, 3.63) is 59.7 Å². The zero-order valence-electron chi connectivity index (χ0n) is 9.31. The van der Waals surface area contributed by atoms with Gasteiger partial charge in [-0.25, -0.2) is 4.39 Å². The third-order valence-corrected chi connectivity index (χ3v) is 2.69. The molecular formula is C13H14FN3. The maximum Gasteiger partial charge on any atom is 0.127 e. The highest BCUT2D eigenvalue weighted by Crippen LogP contribution is 2.21. The van der Waals surface area contributed by atoms with Crippen LogP contribution in [-0.4, -0.2) is 4.98 Å². The minimum Gasteiger partial charge on any atom is -0.398 e. The summed E-state index contributed by atoms with van der Waals surface area (Å²) in [6, 6.07) is 7.80. The van der Waals surface area contributed by atoms with Crippen LogP contribution in [0.2, 0.25) is 0 Å². The normalized spacial score (nSPS) is 12.4. The third-order valence-electron chi connectivity index (χ3n) is 2.69. The van der Waals surface area contributed by atoms with E-state index in [1.54, 1.807) is 36.7 Å². The fourth-order valence-electron chi connectivity index (χ4n) is 1.73. The van der Waals surface area contributed by atoms with Gasteiger partial charge in [0.05, 0.1) is 0 Å². The summed E-state index contributed by atoms with van der Waals surface area (Å²) >= 11 is 0. The molecule has 3 nitrogen and oxygen atoms in total. The second kappa shape index (κ2) is 4.93. The van der Waals surface area contributed by atoms with E-state index in [0.29, 0.717) is 17.7 Å². The predicted octanol–water partition coefficient (Wildman–Crippen LogP) is 2.05. The Morgan fingerprint density at radius 1 is 1.24 bits per heavy atom. The Morgan fingerprint density at radius 2 is 2.00 bits per heavy atom. The molecule has 1 aromatic carbocycles. The van der Waals surface area contributed by atoms with Crippen molar-refractivity contribution >= 4 is 5.69 Å². The summed E-state index contributed by atoms with van der Waals surface area (Å²) < 4.78 is 13.5. The molecule has 0 aliphatic heterocycles. The first-order valence-electron chi connectivity index (χ1n) is 5.37. The number of hydrogen-bond donors (Lipinski definition) is 2. The zero-order valence-corrected chi connectivity index (χ0v) is 9.31. The second-order valence-electron chi connectivity index (χ2n) is 3.91. The van der Waals surface area contributed by atoms with Crippen LogP contribution in [0.15, 0.2) is 42.7 Å². The van der Waals surface area contributed by atoms with Crippen LogP contribution in [0.3, 0.4) is 0 Å². The number of rotatable bonds is 3. The molecule has 0 aliphatic carbocycles. The summed E-state index contributed by atoms with van der Waals surface area (Å²) in [5, 5.41) is 0. The van der Waals surface area contributed by atoms with E-state index in [9.17, 15) is 4.39 Å². The average molecular weight is 231 g/mol. The molecule has 1 heterocycles. The van der Waals surface area contributed by atoms with Gasteiger partial charge in [-0.3, -0.25) is 4.98 Å². The Balaban J connectivity index is 2.20. The van der Waals surface area contributed by atoms with E-state index in [0.717, 1.165) is 5.56 Å². The largest absolute Gasteiger partial charge is 0.398 e. The Kier molecular flexibility index (Phi) is 3.35. The molecule has 0 spiro atoms. The highest BCUT2D eigenvalue weighted by atomic mass is 19.1. The molecule has 1 aromatic heterocycles. The van der Waals surface area contributed by atoms with E-state index in [4.69, 9.17) is 11.5 Å². The number of pyridine rings is 1. The Hall–Kier alpha value is -1.94. The summed E-state index contributed by atoms with van der Waals surface area (Å²) in [6.45, 7) is 0. The van der Waals surface area contributed by atoms with Gasteiger partial charge < -0.3 is 11.5 Å². The zero-order chi connectivity index (χ0) is 12.3. The number of nitrogens with zero attached hydrogens (tertiary/aromatic N) is 1. The summed E-state index contributed by atoms with van der Waals surface area (Å²) in [4.78, 5) is 3.99. The van der Waals surface area contributed by atoms with Crippen molar-refractivity contribution in [2.45, 2.75) is 12.5 Å². The van der Waals surface area contributed by atoms with E-state index in [2.05, 4.69) is 4.98 Å². The molecule has 17 heavy (non-hydrogen) atoms. The highest BCUT2D eigenvalue weighted by molar-refractivity contribution is 5.45. The molecule has 0 bridgehead atoms. The minimum absolute atomic E-state index is 0.289. The van der Waals surface area contributed by atoms with E-state index in [-0.39, 0.29) is 5.82 Å². The summed E-state index contributed by atoms with van der Waals surface area (Å²) in [5.74, 6) is -0.289. The first kappa shape index (κ1) is 11.5. The monoisotopic (exact) mass is 231 g/mol. The van der Waals surface area contributed by atoms with Crippen molar-refractivity contribution < 1.29 is 4.39 Å². The molecule has 0 amide bonds. The molecular weight excluding hydrogens is 217 g/mol.